The third-order valence-corrected chi connectivity index (χ3v) is 4.32. The highest BCUT2D eigenvalue weighted by atomic mass is 16.2. The van der Waals surface area contributed by atoms with E-state index >= 15 is 0 Å². The van der Waals surface area contributed by atoms with E-state index in [1.807, 2.05) is 27.7 Å². The first-order valence-electron chi connectivity index (χ1n) is 7.59. The van der Waals surface area contributed by atoms with Crippen molar-refractivity contribution >= 4 is 16.8 Å². The Morgan fingerprint density at radius 3 is 3.04 bits per heavy atom. The Morgan fingerprint density at radius 2 is 2.13 bits per heavy atom. The van der Waals surface area contributed by atoms with E-state index < -0.39 is 0 Å². The first-order valence-corrected chi connectivity index (χ1v) is 7.59. The zero-order valence-electron chi connectivity index (χ0n) is 12.5. The second-order valence-electron chi connectivity index (χ2n) is 5.72. The first-order chi connectivity index (χ1) is 11.2. The predicted octanol–water partition coefficient (Wildman–Crippen LogP) is 1.31. The molecule has 1 aliphatic heterocycles. The normalized spacial score (nSPS) is 14.0. The van der Waals surface area contributed by atoms with Crippen LogP contribution in [0.2, 0.25) is 0 Å². The summed E-state index contributed by atoms with van der Waals surface area (Å²) in [5, 5.41) is 0.636. The van der Waals surface area contributed by atoms with Crippen LogP contribution in [0.5, 0.6) is 0 Å². The minimum absolute atomic E-state index is 0.0237. The molecule has 0 unspecified atom stereocenters. The van der Waals surface area contributed by atoms with Crippen molar-refractivity contribution in [3.63, 3.8) is 0 Å². The van der Waals surface area contributed by atoms with E-state index in [0.717, 1.165) is 23.3 Å². The summed E-state index contributed by atoms with van der Waals surface area (Å²) in [7, 11) is 0. The van der Waals surface area contributed by atoms with Crippen molar-refractivity contribution in [2.45, 2.75) is 19.5 Å². The molecule has 1 N–H and O–H groups in total. The fourth-order valence-electron chi connectivity index (χ4n) is 3.07. The average Bonchev–Trinajstić information content (AvgIpc) is 3.05. The van der Waals surface area contributed by atoms with Gasteiger partial charge in [0.2, 0.25) is 5.91 Å². The van der Waals surface area contributed by atoms with Gasteiger partial charge in [0.05, 0.1) is 29.8 Å². The van der Waals surface area contributed by atoms with Gasteiger partial charge in [-0.3, -0.25) is 9.59 Å². The summed E-state index contributed by atoms with van der Waals surface area (Å²) in [5.74, 6) is 0.0408. The lowest BCUT2D eigenvalue weighted by Crippen LogP contribution is -2.38. The molecule has 0 spiro atoms. The Morgan fingerprint density at radius 1 is 1.26 bits per heavy atom. The van der Waals surface area contributed by atoms with Crippen molar-refractivity contribution in [2.24, 2.45) is 0 Å². The number of aromatic nitrogens is 3. The lowest BCUT2D eigenvalue weighted by atomic mass is 10.1. The molecule has 6 heteroatoms. The molecule has 1 aliphatic rings. The van der Waals surface area contributed by atoms with Crippen molar-refractivity contribution in [1.29, 1.82) is 0 Å². The van der Waals surface area contributed by atoms with Gasteiger partial charge in [-0.1, -0.05) is 12.1 Å². The summed E-state index contributed by atoms with van der Waals surface area (Å²) in [5.41, 5.74) is 2.81. The van der Waals surface area contributed by atoms with Gasteiger partial charge in [0.25, 0.3) is 0 Å². The van der Waals surface area contributed by atoms with Crippen LogP contribution in [0.4, 0.5) is 0 Å². The summed E-state index contributed by atoms with van der Waals surface area (Å²) in [6, 6.07) is 8.88. The fraction of sp³-hybridized carbons (Fsp3) is 0.235. The Hall–Kier alpha value is -2.89. The molecule has 1 amide bonds. The van der Waals surface area contributed by atoms with Gasteiger partial charge in [0.1, 0.15) is 6.54 Å². The molecular formula is C17H16N4O2. The maximum Gasteiger partial charge on any atom is 0.242 e. The van der Waals surface area contributed by atoms with E-state index in [9.17, 15) is 9.59 Å². The molecule has 1 aromatic carbocycles. The molecule has 4 rings (SSSR count). The van der Waals surface area contributed by atoms with Crippen LogP contribution in [0.15, 0.2) is 47.7 Å². The standard InChI is InChI=1S/C17H16N4O2/c22-16-6-8-20(15-4-2-1-3-12(15)16)10-17(23)21-7-5-13-14(9-21)19-11-18-13/h1-4,6,8,11H,5,7,9-10H2,(H,18,19). The molecule has 0 saturated heterocycles. The number of imidazole rings is 1. The van der Waals surface area contributed by atoms with Gasteiger partial charge in [-0.2, -0.15) is 0 Å². The smallest absolute Gasteiger partial charge is 0.242 e. The predicted molar refractivity (Wildman–Crippen MR) is 85.9 cm³/mol. The molecule has 6 nitrogen and oxygen atoms in total. The topological polar surface area (TPSA) is 71.0 Å². The van der Waals surface area contributed by atoms with Crippen molar-refractivity contribution in [2.75, 3.05) is 6.54 Å². The third kappa shape index (κ3) is 2.42. The fourth-order valence-corrected chi connectivity index (χ4v) is 3.07. The Labute approximate surface area is 132 Å². The Balaban J connectivity index is 1.60. The monoisotopic (exact) mass is 308 g/mol. The van der Waals surface area contributed by atoms with E-state index in [1.54, 1.807) is 18.6 Å². The van der Waals surface area contributed by atoms with Crippen molar-refractivity contribution in [3.8, 4) is 0 Å². The number of hydrogen-bond acceptors (Lipinski definition) is 3. The SMILES string of the molecule is O=C(Cn1ccc(=O)c2ccccc21)N1CCc2nc[nH]c2C1. The lowest BCUT2D eigenvalue weighted by molar-refractivity contribution is -0.132. The number of nitrogens with one attached hydrogen (secondary N) is 1. The number of hydrogen-bond donors (Lipinski definition) is 1. The highest BCUT2D eigenvalue weighted by Crippen LogP contribution is 2.16. The molecule has 116 valence electrons. The molecule has 0 saturated carbocycles. The van der Waals surface area contributed by atoms with Crippen LogP contribution in [0.25, 0.3) is 10.9 Å². The maximum atomic E-state index is 12.6. The highest BCUT2D eigenvalue weighted by Gasteiger charge is 2.22. The molecule has 3 heterocycles. The molecule has 0 aliphatic carbocycles. The van der Waals surface area contributed by atoms with Crippen LogP contribution >= 0.6 is 0 Å². The van der Waals surface area contributed by atoms with E-state index in [4.69, 9.17) is 0 Å². The molecule has 0 radical (unpaired) electrons. The minimum atomic E-state index is -0.0237. The maximum absolute atomic E-state index is 12.6. The molecular weight excluding hydrogens is 292 g/mol. The number of nitrogens with zero attached hydrogens (tertiary/aromatic N) is 3. The molecule has 0 fully saturated rings. The zero-order chi connectivity index (χ0) is 15.8. The number of amides is 1. The molecule has 0 bridgehead atoms. The quantitative estimate of drug-likeness (QED) is 0.776. The van der Waals surface area contributed by atoms with Crippen LogP contribution in [0, 0.1) is 0 Å². The van der Waals surface area contributed by atoms with Gasteiger partial charge in [0.15, 0.2) is 5.43 Å². The number of rotatable bonds is 2. The van der Waals surface area contributed by atoms with Crippen molar-refractivity contribution in [1.82, 2.24) is 19.4 Å². The largest absolute Gasteiger partial charge is 0.347 e. The van der Waals surface area contributed by atoms with Crippen LogP contribution < -0.4 is 5.43 Å². The summed E-state index contributed by atoms with van der Waals surface area (Å²) < 4.78 is 1.83. The first kappa shape index (κ1) is 13.8. The Bertz CT molecular complexity index is 941. The van der Waals surface area contributed by atoms with E-state index in [0.29, 0.717) is 18.5 Å². The number of carbonyl (C=O) groups is 1. The summed E-state index contributed by atoms with van der Waals surface area (Å²) >= 11 is 0. The Kier molecular flexibility index (Phi) is 3.22. The van der Waals surface area contributed by atoms with Gasteiger partial charge in [-0.25, -0.2) is 4.98 Å². The summed E-state index contributed by atoms with van der Waals surface area (Å²) in [6.07, 6.45) is 4.14. The van der Waals surface area contributed by atoms with Gasteiger partial charge >= 0.3 is 0 Å². The lowest BCUT2D eigenvalue weighted by Gasteiger charge is -2.27. The number of aromatic amines is 1. The van der Waals surface area contributed by atoms with E-state index in [2.05, 4.69) is 9.97 Å². The second-order valence-corrected chi connectivity index (χ2v) is 5.72. The van der Waals surface area contributed by atoms with Gasteiger partial charge in [-0.05, 0) is 12.1 Å². The number of fused-ring (bicyclic) bond motifs is 2. The second kappa shape index (κ2) is 5.39. The van der Waals surface area contributed by atoms with Crippen LogP contribution in [0.3, 0.4) is 0 Å². The number of para-hydroxylation sites is 1. The summed E-state index contributed by atoms with van der Waals surface area (Å²) in [4.78, 5) is 33.7. The van der Waals surface area contributed by atoms with Crippen molar-refractivity contribution < 1.29 is 4.79 Å². The third-order valence-electron chi connectivity index (χ3n) is 4.32. The van der Waals surface area contributed by atoms with Gasteiger partial charge in [-0.15, -0.1) is 0 Å². The van der Waals surface area contributed by atoms with E-state index in [1.165, 1.54) is 6.07 Å². The average molecular weight is 308 g/mol. The molecule has 0 atom stereocenters. The van der Waals surface area contributed by atoms with Gasteiger partial charge < -0.3 is 14.5 Å². The summed E-state index contributed by atoms with van der Waals surface area (Å²) in [6.45, 7) is 1.46. The highest BCUT2D eigenvalue weighted by molar-refractivity contribution is 5.82. The molecule has 2 aromatic heterocycles. The number of benzene rings is 1. The van der Waals surface area contributed by atoms with Crippen LogP contribution in [-0.2, 0) is 24.3 Å². The molecule has 3 aromatic rings. The number of H-pyrrole nitrogens is 1. The van der Waals surface area contributed by atoms with E-state index in [-0.39, 0.29) is 17.9 Å². The van der Waals surface area contributed by atoms with Gasteiger partial charge in [0, 0.05) is 30.6 Å². The number of carbonyl (C=O) groups excluding carboxylic acids is 1. The minimum Gasteiger partial charge on any atom is -0.347 e. The van der Waals surface area contributed by atoms with Crippen LogP contribution in [-0.4, -0.2) is 31.9 Å². The number of pyridine rings is 1. The van der Waals surface area contributed by atoms with Crippen molar-refractivity contribution in [3.05, 3.63) is 64.5 Å². The van der Waals surface area contributed by atoms with Crippen LogP contribution in [0.1, 0.15) is 11.4 Å². The zero-order valence-corrected chi connectivity index (χ0v) is 12.5. The molecule has 23 heavy (non-hydrogen) atoms.